The van der Waals surface area contributed by atoms with Crippen molar-refractivity contribution in [3.8, 4) is 44.5 Å². The summed E-state index contributed by atoms with van der Waals surface area (Å²) in [6.07, 6.45) is 0. The van der Waals surface area contributed by atoms with Gasteiger partial charge in [0.1, 0.15) is 0 Å². The van der Waals surface area contributed by atoms with Gasteiger partial charge in [-0.25, -0.2) is 0 Å². The Hall–Kier alpha value is -7.26. The quantitative estimate of drug-likeness (QED) is 0.157. The Morgan fingerprint density at radius 2 is 0.793 bits per heavy atom. The van der Waals surface area contributed by atoms with Gasteiger partial charge in [0.05, 0.1) is 5.69 Å². The highest BCUT2D eigenvalue weighted by Crippen LogP contribution is 2.46. The zero-order chi connectivity index (χ0) is 38.4. The van der Waals surface area contributed by atoms with E-state index in [9.17, 15) is 0 Å². The van der Waals surface area contributed by atoms with Gasteiger partial charge in [-0.1, -0.05) is 170 Å². The number of nitrogens with zero attached hydrogens (tertiary/aromatic N) is 1. The molecule has 1 nitrogen and oxygen atoms in total. The maximum absolute atomic E-state index is 2.45. The Morgan fingerprint density at radius 1 is 0.276 bits per heavy atom. The van der Waals surface area contributed by atoms with Gasteiger partial charge in [-0.15, -0.1) is 11.3 Å². The molecule has 0 saturated carbocycles. The molecule has 2 heteroatoms. The van der Waals surface area contributed by atoms with E-state index in [0.29, 0.717) is 0 Å². The second-order valence-corrected chi connectivity index (χ2v) is 16.0. The lowest BCUT2D eigenvalue weighted by Gasteiger charge is -2.29. The van der Waals surface area contributed by atoms with Gasteiger partial charge in [-0.2, -0.15) is 0 Å². The van der Waals surface area contributed by atoms with E-state index in [0.717, 1.165) is 17.1 Å². The molecule has 10 aromatic carbocycles. The van der Waals surface area contributed by atoms with Gasteiger partial charge in [0.15, 0.2) is 0 Å². The monoisotopic (exact) mass is 755 g/mol. The van der Waals surface area contributed by atoms with Crippen molar-refractivity contribution in [2.45, 2.75) is 0 Å². The number of hydrogen-bond donors (Lipinski definition) is 0. The van der Waals surface area contributed by atoms with Crippen LogP contribution in [0.1, 0.15) is 0 Å². The Kier molecular flexibility index (Phi) is 8.42. The molecule has 58 heavy (non-hydrogen) atoms. The number of benzene rings is 10. The van der Waals surface area contributed by atoms with Gasteiger partial charge in [-0.3, -0.25) is 0 Å². The molecular weight excluding hydrogens is 719 g/mol. The Morgan fingerprint density at radius 3 is 1.52 bits per heavy atom. The van der Waals surface area contributed by atoms with Crippen molar-refractivity contribution in [2.75, 3.05) is 4.90 Å². The summed E-state index contributed by atoms with van der Waals surface area (Å²) in [5.74, 6) is 0. The fourth-order valence-electron chi connectivity index (χ4n) is 8.46. The molecule has 0 aliphatic rings. The molecule has 1 heterocycles. The predicted octanol–water partition coefficient (Wildman–Crippen LogP) is 16.5. The highest BCUT2D eigenvalue weighted by atomic mass is 32.1. The van der Waals surface area contributed by atoms with Crippen molar-refractivity contribution in [2.24, 2.45) is 0 Å². The summed E-state index contributed by atoms with van der Waals surface area (Å²) in [6.45, 7) is 0. The van der Waals surface area contributed by atoms with Crippen LogP contribution in [-0.4, -0.2) is 0 Å². The second kappa shape index (κ2) is 14.4. The molecule has 1 aromatic heterocycles. The summed E-state index contributed by atoms with van der Waals surface area (Å²) < 4.78 is 2.58. The van der Waals surface area contributed by atoms with Crippen molar-refractivity contribution >= 4 is 70.1 Å². The molecule has 0 amide bonds. The summed E-state index contributed by atoms with van der Waals surface area (Å²) in [5, 5.41) is 7.59. The molecule has 0 radical (unpaired) electrons. The van der Waals surface area contributed by atoms with Crippen LogP contribution in [0.2, 0.25) is 0 Å². The molecule has 0 spiro atoms. The third-order valence-corrected chi connectivity index (χ3v) is 12.6. The Bertz CT molecular complexity index is 3290. The molecular formula is C56H37NS. The van der Waals surface area contributed by atoms with Crippen LogP contribution in [0.4, 0.5) is 17.1 Å². The van der Waals surface area contributed by atoms with Gasteiger partial charge in [-0.05, 0) is 115 Å². The first-order valence-electron chi connectivity index (χ1n) is 19.8. The molecule has 0 aliphatic heterocycles. The molecule has 0 saturated heterocycles. The van der Waals surface area contributed by atoms with Crippen molar-refractivity contribution in [1.82, 2.24) is 0 Å². The lowest BCUT2D eigenvalue weighted by molar-refractivity contribution is 1.29. The number of rotatable bonds is 7. The second-order valence-electron chi connectivity index (χ2n) is 15.0. The van der Waals surface area contributed by atoms with Gasteiger partial charge in [0.25, 0.3) is 0 Å². The smallest absolute Gasteiger partial charge is 0.0546 e. The molecule has 0 atom stereocenters. The van der Waals surface area contributed by atoms with Crippen molar-refractivity contribution in [3.63, 3.8) is 0 Å². The third-order valence-electron chi connectivity index (χ3n) is 11.4. The first-order chi connectivity index (χ1) is 28.7. The average molecular weight is 756 g/mol. The summed E-state index contributed by atoms with van der Waals surface area (Å²) in [5.41, 5.74) is 12.9. The Labute approximate surface area is 342 Å². The van der Waals surface area contributed by atoms with Gasteiger partial charge in [0, 0.05) is 37.1 Å². The van der Waals surface area contributed by atoms with Crippen molar-refractivity contribution in [3.05, 3.63) is 224 Å². The molecule has 0 unspecified atom stereocenters. The van der Waals surface area contributed by atoms with Crippen LogP contribution in [0.5, 0.6) is 0 Å². The predicted molar refractivity (Wildman–Crippen MR) is 251 cm³/mol. The lowest BCUT2D eigenvalue weighted by Crippen LogP contribution is -2.11. The van der Waals surface area contributed by atoms with Gasteiger partial charge in [0.2, 0.25) is 0 Å². The maximum Gasteiger partial charge on any atom is 0.0546 e. The average Bonchev–Trinajstić information content (AvgIpc) is 3.67. The van der Waals surface area contributed by atoms with Crippen molar-refractivity contribution < 1.29 is 0 Å². The standard InChI is InChI=1S/C56H37NS/c1-2-13-41(14-3-1)51-31-27-48(47-24-22-39-12-5-7-16-43(39)35-47)36-54(51)57(50-30-32-53-52-19-8-9-20-55(52)58-56(53)37-50)49-28-25-40(26-29-49)44-17-10-18-45(33-44)46-23-21-38-11-4-6-15-42(38)34-46/h1-37H. The zero-order valence-corrected chi connectivity index (χ0v) is 32.5. The molecule has 0 bridgehead atoms. The lowest BCUT2D eigenvalue weighted by atomic mass is 9.95. The van der Waals surface area contributed by atoms with Gasteiger partial charge >= 0.3 is 0 Å². The van der Waals surface area contributed by atoms with E-state index in [4.69, 9.17) is 0 Å². The number of fused-ring (bicyclic) bond motifs is 5. The first-order valence-corrected chi connectivity index (χ1v) is 20.6. The SMILES string of the molecule is c1ccc(-c2ccc(-c3ccc4ccccc4c3)cc2N(c2ccc(-c3cccc(-c4ccc5ccccc5c4)c3)cc2)c2ccc3c(c2)sc2ccccc23)cc1. The van der Waals surface area contributed by atoms with E-state index in [-0.39, 0.29) is 0 Å². The molecule has 0 N–H and O–H groups in total. The summed E-state index contributed by atoms with van der Waals surface area (Å²) in [7, 11) is 0. The number of anilines is 3. The Balaban J connectivity index is 1.07. The normalized spacial score (nSPS) is 11.4. The number of hydrogen-bond acceptors (Lipinski definition) is 2. The fourth-order valence-corrected chi connectivity index (χ4v) is 9.60. The summed E-state index contributed by atoms with van der Waals surface area (Å²) in [4.78, 5) is 2.45. The van der Waals surface area contributed by atoms with Crippen LogP contribution >= 0.6 is 11.3 Å². The van der Waals surface area contributed by atoms with E-state index < -0.39 is 0 Å². The zero-order valence-electron chi connectivity index (χ0n) is 31.7. The van der Waals surface area contributed by atoms with E-state index in [1.165, 1.54) is 86.2 Å². The van der Waals surface area contributed by atoms with Crippen LogP contribution in [0.15, 0.2) is 224 Å². The van der Waals surface area contributed by atoms with Crippen molar-refractivity contribution in [1.29, 1.82) is 0 Å². The minimum absolute atomic E-state index is 1.10. The van der Waals surface area contributed by atoms with Crippen LogP contribution in [0.3, 0.4) is 0 Å². The van der Waals surface area contributed by atoms with E-state index in [2.05, 4.69) is 229 Å². The first kappa shape index (κ1) is 34.0. The molecule has 11 aromatic rings. The highest BCUT2D eigenvalue weighted by Gasteiger charge is 2.20. The minimum atomic E-state index is 1.10. The molecule has 0 fully saturated rings. The van der Waals surface area contributed by atoms with Crippen LogP contribution in [-0.2, 0) is 0 Å². The summed E-state index contributed by atoms with van der Waals surface area (Å²) in [6, 6.07) is 82.1. The van der Waals surface area contributed by atoms with Crippen LogP contribution < -0.4 is 4.90 Å². The minimum Gasteiger partial charge on any atom is -0.310 e. The van der Waals surface area contributed by atoms with Crippen LogP contribution in [0.25, 0.3) is 86.2 Å². The fraction of sp³-hybridized carbons (Fsp3) is 0. The largest absolute Gasteiger partial charge is 0.310 e. The van der Waals surface area contributed by atoms with E-state index in [1.54, 1.807) is 0 Å². The maximum atomic E-state index is 2.45. The summed E-state index contributed by atoms with van der Waals surface area (Å²) >= 11 is 1.86. The topological polar surface area (TPSA) is 3.24 Å². The number of thiophene rings is 1. The molecule has 11 rings (SSSR count). The van der Waals surface area contributed by atoms with Gasteiger partial charge < -0.3 is 4.90 Å². The van der Waals surface area contributed by atoms with E-state index in [1.807, 2.05) is 11.3 Å². The highest BCUT2D eigenvalue weighted by molar-refractivity contribution is 7.25. The molecule has 272 valence electrons. The van der Waals surface area contributed by atoms with E-state index >= 15 is 0 Å². The van der Waals surface area contributed by atoms with Crippen LogP contribution in [0, 0.1) is 0 Å². The third kappa shape index (κ3) is 6.21. The molecule has 0 aliphatic carbocycles.